The Balaban J connectivity index is 1.90. The number of anilines is 1. The van der Waals surface area contributed by atoms with Crippen LogP contribution in [0.2, 0.25) is 0 Å². The van der Waals surface area contributed by atoms with Crippen molar-refractivity contribution in [3.05, 3.63) is 59.2 Å². The number of phenols is 1. The molecule has 0 aromatic heterocycles. The fourth-order valence-electron chi connectivity index (χ4n) is 3.46. The Labute approximate surface area is 123 Å². The molecule has 2 heterocycles. The van der Waals surface area contributed by atoms with Gasteiger partial charge in [-0.05, 0) is 35.7 Å². The minimum atomic E-state index is -0.0560. The maximum Gasteiger partial charge on any atom is 0.258 e. The first-order valence-corrected chi connectivity index (χ1v) is 7.11. The number of benzene rings is 2. The van der Waals surface area contributed by atoms with Gasteiger partial charge in [-0.25, -0.2) is 0 Å². The number of hydrogen-bond acceptors (Lipinski definition) is 3. The summed E-state index contributed by atoms with van der Waals surface area (Å²) in [5, 5.41) is 9.66. The molecule has 21 heavy (non-hydrogen) atoms. The number of hydrogen-bond donors (Lipinski definition) is 1. The quantitative estimate of drug-likeness (QED) is 0.806. The van der Waals surface area contributed by atoms with E-state index in [2.05, 4.69) is 17.0 Å². The largest absolute Gasteiger partial charge is 0.508 e. The van der Waals surface area contributed by atoms with Crippen LogP contribution in [0.5, 0.6) is 5.75 Å². The maximum absolute atomic E-state index is 12.7. The molecule has 0 bridgehead atoms. The van der Waals surface area contributed by atoms with E-state index >= 15 is 0 Å². The van der Waals surface area contributed by atoms with Crippen molar-refractivity contribution >= 4 is 11.6 Å². The molecule has 2 aliphatic heterocycles. The van der Waals surface area contributed by atoms with Crippen molar-refractivity contribution < 1.29 is 9.90 Å². The Morgan fingerprint density at radius 3 is 2.86 bits per heavy atom. The predicted molar refractivity (Wildman–Crippen MR) is 80.4 cm³/mol. The van der Waals surface area contributed by atoms with E-state index in [1.54, 1.807) is 12.1 Å². The molecule has 1 N–H and O–H groups in total. The lowest BCUT2D eigenvalue weighted by Crippen LogP contribution is -2.50. The van der Waals surface area contributed by atoms with Crippen molar-refractivity contribution in [1.82, 2.24) is 4.90 Å². The Kier molecular flexibility index (Phi) is 2.48. The van der Waals surface area contributed by atoms with Crippen molar-refractivity contribution in [3.8, 4) is 5.75 Å². The van der Waals surface area contributed by atoms with Crippen molar-refractivity contribution in [2.75, 3.05) is 18.5 Å². The van der Waals surface area contributed by atoms with E-state index in [1.807, 2.05) is 30.1 Å². The summed E-state index contributed by atoms with van der Waals surface area (Å²) in [5.74, 6) is 0.130. The van der Waals surface area contributed by atoms with Crippen molar-refractivity contribution in [2.24, 2.45) is 0 Å². The van der Waals surface area contributed by atoms with Crippen molar-refractivity contribution in [3.63, 3.8) is 0 Å². The second kappa shape index (κ2) is 4.25. The molecule has 0 aliphatic carbocycles. The highest BCUT2D eigenvalue weighted by molar-refractivity contribution is 6.02. The van der Waals surface area contributed by atoms with Gasteiger partial charge in [-0.15, -0.1) is 0 Å². The van der Waals surface area contributed by atoms with Gasteiger partial charge >= 0.3 is 0 Å². The molecule has 2 aromatic carbocycles. The highest BCUT2D eigenvalue weighted by atomic mass is 16.3. The molecule has 0 spiro atoms. The number of fused-ring (bicyclic) bond motifs is 4. The topological polar surface area (TPSA) is 43.8 Å². The van der Waals surface area contributed by atoms with Crippen LogP contribution in [0.15, 0.2) is 42.5 Å². The molecule has 1 unspecified atom stereocenters. The summed E-state index contributed by atoms with van der Waals surface area (Å²) < 4.78 is 0. The van der Waals surface area contributed by atoms with Gasteiger partial charge in [-0.3, -0.25) is 4.79 Å². The van der Waals surface area contributed by atoms with Gasteiger partial charge in [0.2, 0.25) is 0 Å². The highest BCUT2D eigenvalue weighted by Gasteiger charge is 2.39. The molecular formula is C17H16N2O2. The molecule has 0 saturated heterocycles. The zero-order chi connectivity index (χ0) is 14.6. The molecule has 1 atom stereocenters. The first-order valence-electron chi connectivity index (χ1n) is 7.11. The van der Waals surface area contributed by atoms with Crippen LogP contribution in [0.3, 0.4) is 0 Å². The number of aromatic hydroxyl groups is 1. The molecule has 1 amide bonds. The second-order valence-corrected chi connectivity index (χ2v) is 5.63. The van der Waals surface area contributed by atoms with Crippen LogP contribution in [0.1, 0.15) is 27.7 Å². The van der Waals surface area contributed by atoms with Gasteiger partial charge in [0.25, 0.3) is 5.91 Å². The molecule has 2 aliphatic rings. The zero-order valence-electron chi connectivity index (χ0n) is 11.8. The van der Waals surface area contributed by atoms with E-state index in [-0.39, 0.29) is 17.8 Å². The lowest BCUT2D eigenvalue weighted by molar-refractivity contribution is 0.0638. The molecule has 0 fully saturated rings. The Morgan fingerprint density at radius 1 is 1.19 bits per heavy atom. The number of carbonyl (C=O) groups excluding carboxylic acids is 1. The first-order chi connectivity index (χ1) is 10.2. The van der Waals surface area contributed by atoms with Crippen molar-refractivity contribution in [2.45, 2.75) is 12.6 Å². The molecule has 2 aromatic rings. The minimum Gasteiger partial charge on any atom is -0.508 e. The summed E-state index contributed by atoms with van der Waals surface area (Å²) >= 11 is 0. The van der Waals surface area contributed by atoms with E-state index in [0.717, 1.165) is 12.1 Å². The molecular weight excluding hydrogens is 264 g/mol. The molecule has 4 nitrogen and oxygen atoms in total. The third-order valence-electron chi connectivity index (χ3n) is 4.47. The van der Waals surface area contributed by atoms with Crippen LogP contribution in [0.4, 0.5) is 5.69 Å². The molecule has 4 rings (SSSR count). The zero-order valence-corrected chi connectivity index (χ0v) is 11.8. The number of amides is 1. The van der Waals surface area contributed by atoms with Gasteiger partial charge in [0.1, 0.15) is 11.9 Å². The van der Waals surface area contributed by atoms with Gasteiger partial charge in [0.15, 0.2) is 0 Å². The fraction of sp³-hybridized carbons (Fsp3) is 0.235. The van der Waals surface area contributed by atoms with Gasteiger partial charge in [-0.2, -0.15) is 0 Å². The van der Waals surface area contributed by atoms with Gasteiger partial charge in [0, 0.05) is 13.6 Å². The highest BCUT2D eigenvalue weighted by Crippen LogP contribution is 2.41. The van der Waals surface area contributed by atoms with Gasteiger partial charge < -0.3 is 14.9 Å². The number of phenolic OH excluding ortho intramolecular Hbond substituents is 1. The second-order valence-electron chi connectivity index (χ2n) is 5.63. The van der Waals surface area contributed by atoms with Crippen LogP contribution in [0.25, 0.3) is 0 Å². The Morgan fingerprint density at radius 2 is 2.00 bits per heavy atom. The smallest absolute Gasteiger partial charge is 0.258 e. The number of rotatable bonds is 0. The van der Waals surface area contributed by atoms with E-state index in [1.165, 1.54) is 11.1 Å². The normalized spacial score (nSPS) is 19.9. The standard InChI is InChI=1S/C17H16N2O2/c1-18-15-7-6-12(20)10-14(15)17(21)19-9-8-11-4-2-3-5-13(11)16(18)19/h2-7,10,16,20H,8-9H2,1H3. The molecule has 0 radical (unpaired) electrons. The van der Waals surface area contributed by atoms with Crippen LogP contribution in [-0.2, 0) is 6.42 Å². The van der Waals surface area contributed by atoms with E-state index < -0.39 is 0 Å². The van der Waals surface area contributed by atoms with Crippen LogP contribution in [0, 0.1) is 0 Å². The van der Waals surface area contributed by atoms with Crippen LogP contribution in [-0.4, -0.2) is 29.5 Å². The SMILES string of the molecule is CN1c2ccc(O)cc2C(=O)N2CCc3ccccc3C21. The number of nitrogens with zero attached hydrogens (tertiary/aromatic N) is 2. The van der Waals surface area contributed by atoms with Crippen molar-refractivity contribution in [1.29, 1.82) is 0 Å². The maximum atomic E-state index is 12.7. The van der Waals surface area contributed by atoms with E-state index in [0.29, 0.717) is 12.1 Å². The molecule has 4 heteroatoms. The monoisotopic (exact) mass is 280 g/mol. The van der Waals surface area contributed by atoms with Gasteiger partial charge in [0.05, 0.1) is 11.3 Å². The summed E-state index contributed by atoms with van der Waals surface area (Å²) in [6.45, 7) is 0.708. The summed E-state index contributed by atoms with van der Waals surface area (Å²) in [4.78, 5) is 16.8. The third-order valence-corrected chi connectivity index (χ3v) is 4.47. The summed E-state index contributed by atoms with van der Waals surface area (Å²) in [7, 11) is 2.00. The summed E-state index contributed by atoms with van der Waals surface area (Å²) in [6, 6.07) is 13.3. The average Bonchev–Trinajstić information content (AvgIpc) is 2.51. The van der Waals surface area contributed by atoms with E-state index in [4.69, 9.17) is 0 Å². The molecule has 106 valence electrons. The first kappa shape index (κ1) is 12.3. The third kappa shape index (κ3) is 1.65. The van der Waals surface area contributed by atoms with Crippen LogP contribution < -0.4 is 4.90 Å². The minimum absolute atomic E-state index is 0.00139. The summed E-state index contributed by atoms with van der Waals surface area (Å²) in [6.07, 6.45) is 0.819. The van der Waals surface area contributed by atoms with E-state index in [9.17, 15) is 9.90 Å². The number of carbonyl (C=O) groups is 1. The Hall–Kier alpha value is -2.49. The fourth-order valence-corrected chi connectivity index (χ4v) is 3.46. The Bertz CT molecular complexity index is 741. The van der Waals surface area contributed by atoms with Gasteiger partial charge in [-0.1, -0.05) is 24.3 Å². The lowest BCUT2D eigenvalue weighted by atomic mass is 9.92. The molecule has 0 saturated carbocycles. The average molecular weight is 280 g/mol. The summed E-state index contributed by atoms with van der Waals surface area (Å²) in [5.41, 5.74) is 3.95. The van der Waals surface area contributed by atoms with Crippen LogP contribution >= 0.6 is 0 Å². The predicted octanol–water partition coefficient (Wildman–Crippen LogP) is 2.54. The lowest BCUT2D eigenvalue weighted by Gasteiger charge is -2.47.